The lowest BCUT2D eigenvalue weighted by Crippen LogP contribution is -2.39. The van der Waals surface area contributed by atoms with Crippen LogP contribution in [0.1, 0.15) is 37.0 Å². The third-order valence-electron chi connectivity index (χ3n) is 4.49. The van der Waals surface area contributed by atoms with E-state index in [4.69, 9.17) is 9.47 Å². The van der Waals surface area contributed by atoms with Crippen LogP contribution in [0, 0.1) is 0 Å². The monoisotopic (exact) mass is 513 g/mol. The highest BCUT2D eigenvalue weighted by Crippen LogP contribution is 2.29. The van der Waals surface area contributed by atoms with Crippen LogP contribution in [0.4, 0.5) is 0 Å². The fourth-order valence-electron chi connectivity index (χ4n) is 2.83. The molecule has 6 nitrogen and oxygen atoms in total. The number of nitrogens with zero attached hydrogens (tertiary/aromatic N) is 1. The van der Waals surface area contributed by atoms with Gasteiger partial charge in [0, 0.05) is 25.6 Å². The standard InChI is InChI=1S/C22H31N3O3.HI/c1-5-23-22(24-14-16(2)17-9-7-6-8-10-17)25-15-19(26)18-11-12-20(27-3)21(13-18)28-4;/h6-13,16,19,26H,5,14-15H2,1-4H3,(H2,23,24,25);1H. The zero-order valence-corrected chi connectivity index (χ0v) is 19.8. The minimum absolute atomic E-state index is 0. The normalized spacial score (nSPS) is 13.1. The Balaban J connectivity index is 0.00000420. The number of benzene rings is 2. The van der Waals surface area contributed by atoms with Crippen LogP contribution >= 0.6 is 24.0 Å². The van der Waals surface area contributed by atoms with Gasteiger partial charge in [0.15, 0.2) is 17.5 Å². The van der Waals surface area contributed by atoms with Crippen LogP contribution in [0.3, 0.4) is 0 Å². The summed E-state index contributed by atoms with van der Waals surface area (Å²) in [5.41, 5.74) is 2.01. The molecular weight excluding hydrogens is 481 g/mol. The van der Waals surface area contributed by atoms with Crippen molar-refractivity contribution in [1.29, 1.82) is 0 Å². The Labute approximate surface area is 190 Å². The van der Waals surface area contributed by atoms with E-state index in [0.717, 1.165) is 12.1 Å². The molecule has 0 saturated heterocycles. The van der Waals surface area contributed by atoms with Crippen molar-refractivity contribution in [3.63, 3.8) is 0 Å². The van der Waals surface area contributed by atoms with Crippen LogP contribution in [0.15, 0.2) is 53.5 Å². The molecule has 0 aliphatic heterocycles. The van der Waals surface area contributed by atoms with Gasteiger partial charge in [-0.15, -0.1) is 24.0 Å². The SMILES string of the molecule is CCNC(=NCC(C)c1ccccc1)NCC(O)c1ccc(OC)c(OC)c1.I. The summed E-state index contributed by atoms with van der Waals surface area (Å²) in [5, 5.41) is 17.0. The Morgan fingerprint density at radius 3 is 2.31 bits per heavy atom. The predicted octanol–water partition coefficient (Wildman–Crippen LogP) is 3.71. The second-order valence-corrected chi connectivity index (χ2v) is 6.54. The maximum absolute atomic E-state index is 10.5. The summed E-state index contributed by atoms with van der Waals surface area (Å²) in [7, 11) is 3.17. The van der Waals surface area contributed by atoms with Gasteiger partial charge in [-0.2, -0.15) is 0 Å². The van der Waals surface area contributed by atoms with E-state index in [2.05, 4.69) is 34.7 Å². The highest BCUT2D eigenvalue weighted by Gasteiger charge is 2.13. The van der Waals surface area contributed by atoms with Gasteiger partial charge in [0.05, 0.1) is 20.3 Å². The first-order valence-corrected chi connectivity index (χ1v) is 9.56. The average Bonchev–Trinajstić information content (AvgIpc) is 2.75. The van der Waals surface area contributed by atoms with Crippen LogP contribution in [0.25, 0.3) is 0 Å². The second kappa shape index (κ2) is 13.3. The number of guanidine groups is 1. The van der Waals surface area contributed by atoms with Crippen molar-refractivity contribution >= 4 is 29.9 Å². The maximum Gasteiger partial charge on any atom is 0.191 e. The van der Waals surface area contributed by atoms with E-state index < -0.39 is 6.10 Å². The van der Waals surface area contributed by atoms with Crippen LogP contribution in [0.5, 0.6) is 11.5 Å². The van der Waals surface area contributed by atoms with E-state index in [0.29, 0.717) is 36.5 Å². The molecule has 29 heavy (non-hydrogen) atoms. The molecule has 2 aromatic carbocycles. The van der Waals surface area contributed by atoms with Crippen LogP contribution in [-0.2, 0) is 0 Å². The Hall–Kier alpha value is -2.00. The molecule has 3 N–H and O–H groups in total. The Bertz CT molecular complexity index is 756. The lowest BCUT2D eigenvalue weighted by molar-refractivity contribution is 0.180. The van der Waals surface area contributed by atoms with Gasteiger partial charge < -0.3 is 25.2 Å². The molecule has 0 bridgehead atoms. The third kappa shape index (κ3) is 7.74. The number of aliphatic imine (C=N–C) groups is 1. The first-order chi connectivity index (χ1) is 13.6. The fraction of sp³-hybridized carbons (Fsp3) is 0.409. The molecule has 2 unspecified atom stereocenters. The van der Waals surface area contributed by atoms with Gasteiger partial charge in [0.1, 0.15) is 0 Å². The van der Waals surface area contributed by atoms with Gasteiger partial charge in [-0.1, -0.05) is 43.3 Å². The molecule has 0 aliphatic rings. The van der Waals surface area contributed by atoms with E-state index in [1.807, 2.05) is 31.2 Å². The van der Waals surface area contributed by atoms with Crippen molar-refractivity contribution in [2.75, 3.05) is 33.9 Å². The number of ether oxygens (including phenoxy) is 2. The quantitative estimate of drug-likeness (QED) is 0.271. The number of methoxy groups -OCH3 is 2. The number of nitrogens with one attached hydrogen (secondary N) is 2. The third-order valence-corrected chi connectivity index (χ3v) is 4.49. The molecule has 0 saturated carbocycles. The fourth-order valence-corrected chi connectivity index (χ4v) is 2.83. The van der Waals surface area contributed by atoms with Crippen LogP contribution in [0.2, 0.25) is 0 Å². The van der Waals surface area contributed by atoms with Crippen molar-refractivity contribution in [1.82, 2.24) is 10.6 Å². The highest BCUT2D eigenvalue weighted by molar-refractivity contribution is 14.0. The van der Waals surface area contributed by atoms with Crippen molar-refractivity contribution in [2.45, 2.75) is 25.9 Å². The lowest BCUT2D eigenvalue weighted by atomic mass is 10.0. The number of hydrogen-bond acceptors (Lipinski definition) is 4. The summed E-state index contributed by atoms with van der Waals surface area (Å²) >= 11 is 0. The molecule has 2 rings (SSSR count). The summed E-state index contributed by atoms with van der Waals surface area (Å²) in [4.78, 5) is 4.66. The van der Waals surface area contributed by atoms with Crippen molar-refractivity contribution in [3.8, 4) is 11.5 Å². The molecule has 0 spiro atoms. The van der Waals surface area contributed by atoms with Gasteiger partial charge in [-0.05, 0) is 30.2 Å². The first kappa shape index (κ1) is 25.0. The molecule has 7 heteroatoms. The summed E-state index contributed by atoms with van der Waals surface area (Å²) in [5.74, 6) is 2.23. The molecule has 0 aliphatic carbocycles. The molecule has 0 heterocycles. The molecule has 2 atom stereocenters. The number of rotatable bonds is 9. The Morgan fingerprint density at radius 2 is 1.69 bits per heavy atom. The first-order valence-electron chi connectivity index (χ1n) is 9.56. The van der Waals surface area contributed by atoms with Gasteiger partial charge >= 0.3 is 0 Å². The summed E-state index contributed by atoms with van der Waals surface area (Å²) < 4.78 is 10.5. The summed E-state index contributed by atoms with van der Waals surface area (Å²) in [6, 6.07) is 15.7. The zero-order chi connectivity index (χ0) is 20.4. The molecule has 0 amide bonds. The van der Waals surface area contributed by atoms with Gasteiger partial charge in [0.2, 0.25) is 0 Å². The number of aliphatic hydroxyl groups excluding tert-OH is 1. The molecule has 0 fully saturated rings. The lowest BCUT2D eigenvalue weighted by Gasteiger charge is -2.17. The molecular formula is C22H32IN3O3. The summed E-state index contributed by atoms with van der Waals surface area (Å²) in [6.45, 7) is 5.91. The van der Waals surface area contributed by atoms with Crippen molar-refractivity contribution < 1.29 is 14.6 Å². The average molecular weight is 513 g/mol. The number of hydrogen-bond donors (Lipinski definition) is 3. The maximum atomic E-state index is 10.5. The number of halogens is 1. The van der Waals surface area contributed by atoms with Gasteiger partial charge in [-0.25, -0.2) is 0 Å². The summed E-state index contributed by atoms with van der Waals surface area (Å²) in [6.07, 6.45) is -0.699. The predicted molar refractivity (Wildman–Crippen MR) is 129 cm³/mol. The highest BCUT2D eigenvalue weighted by atomic mass is 127. The van der Waals surface area contributed by atoms with Crippen molar-refractivity contribution in [3.05, 3.63) is 59.7 Å². The van der Waals surface area contributed by atoms with E-state index >= 15 is 0 Å². The topological polar surface area (TPSA) is 75.1 Å². The van der Waals surface area contributed by atoms with E-state index in [-0.39, 0.29) is 24.0 Å². The van der Waals surface area contributed by atoms with Crippen LogP contribution < -0.4 is 20.1 Å². The van der Waals surface area contributed by atoms with Gasteiger partial charge in [-0.3, -0.25) is 4.99 Å². The molecule has 0 radical (unpaired) electrons. The molecule has 160 valence electrons. The minimum Gasteiger partial charge on any atom is -0.493 e. The zero-order valence-electron chi connectivity index (χ0n) is 17.5. The van der Waals surface area contributed by atoms with E-state index in [1.165, 1.54) is 5.56 Å². The van der Waals surface area contributed by atoms with E-state index in [9.17, 15) is 5.11 Å². The smallest absolute Gasteiger partial charge is 0.191 e. The van der Waals surface area contributed by atoms with Crippen LogP contribution in [-0.4, -0.2) is 44.9 Å². The van der Waals surface area contributed by atoms with Gasteiger partial charge in [0.25, 0.3) is 0 Å². The molecule has 0 aromatic heterocycles. The number of aliphatic hydroxyl groups is 1. The van der Waals surface area contributed by atoms with Crippen molar-refractivity contribution in [2.24, 2.45) is 4.99 Å². The van der Waals surface area contributed by atoms with E-state index in [1.54, 1.807) is 26.4 Å². The largest absolute Gasteiger partial charge is 0.493 e. The second-order valence-electron chi connectivity index (χ2n) is 6.54. The Kier molecular flexibility index (Phi) is 11.5. The Morgan fingerprint density at radius 1 is 1.00 bits per heavy atom. The minimum atomic E-state index is -0.699. The molecule has 2 aromatic rings.